The summed E-state index contributed by atoms with van der Waals surface area (Å²) in [4.78, 5) is 28.6. The quantitative estimate of drug-likeness (QED) is 0.703. The van der Waals surface area contributed by atoms with Gasteiger partial charge < -0.3 is 10.2 Å². The average Bonchev–Trinajstić information content (AvgIpc) is 2.68. The molecule has 1 unspecified atom stereocenters. The van der Waals surface area contributed by atoms with Crippen molar-refractivity contribution in [3.05, 3.63) is 35.9 Å². The summed E-state index contributed by atoms with van der Waals surface area (Å²) < 4.78 is 26.8. The van der Waals surface area contributed by atoms with E-state index < -0.39 is 10.0 Å². The highest BCUT2D eigenvalue weighted by molar-refractivity contribution is 7.88. The minimum absolute atomic E-state index is 0.0270. The molecule has 2 aliphatic rings. The molecule has 1 aromatic carbocycles. The fraction of sp³-hybridized carbons (Fsp3) is 0.600. The van der Waals surface area contributed by atoms with Crippen LogP contribution in [-0.2, 0) is 25.4 Å². The summed E-state index contributed by atoms with van der Waals surface area (Å²) in [6.07, 6.45) is 0. The van der Waals surface area contributed by atoms with Gasteiger partial charge in [0.1, 0.15) is 0 Å². The van der Waals surface area contributed by atoms with Gasteiger partial charge in [0.25, 0.3) is 0 Å². The number of nitrogens with one attached hydrogen (secondary N) is 1. The van der Waals surface area contributed by atoms with E-state index in [1.54, 1.807) is 17.0 Å². The first-order valence-corrected chi connectivity index (χ1v) is 11.7. The molecule has 0 aliphatic carbocycles. The van der Waals surface area contributed by atoms with Crippen LogP contribution in [0.4, 0.5) is 0 Å². The number of carbonyl (C=O) groups is 2. The van der Waals surface area contributed by atoms with Gasteiger partial charge in [-0.05, 0) is 11.5 Å². The highest BCUT2D eigenvalue weighted by Crippen LogP contribution is 2.16. The topological polar surface area (TPSA) is 90.0 Å². The lowest BCUT2D eigenvalue weighted by Gasteiger charge is -2.39. The van der Waals surface area contributed by atoms with E-state index in [2.05, 4.69) is 5.32 Å². The number of hydrogen-bond donors (Lipinski definition) is 1. The van der Waals surface area contributed by atoms with E-state index in [9.17, 15) is 18.0 Å². The van der Waals surface area contributed by atoms with E-state index in [-0.39, 0.29) is 36.1 Å². The molecule has 0 spiro atoms. The van der Waals surface area contributed by atoms with Gasteiger partial charge in [-0.15, -0.1) is 0 Å². The van der Waals surface area contributed by atoms with Crippen LogP contribution in [0.15, 0.2) is 30.3 Å². The highest BCUT2D eigenvalue weighted by atomic mass is 32.2. The highest BCUT2D eigenvalue weighted by Gasteiger charge is 2.35. The molecule has 0 saturated carbocycles. The Labute approximate surface area is 172 Å². The van der Waals surface area contributed by atoms with Crippen LogP contribution in [0, 0.1) is 5.92 Å². The molecule has 0 bridgehead atoms. The monoisotopic (exact) mass is 422 g/mol. The second-order valence-electron chi connectivity index (χ2n) is 7.97. The molecule has 1 atom stereocenters. The van der Waals surface area contributed by atoms with Crippen molar-refractivity contribution in [1.82, 2.24) is 19.4 Å². The number of nitrogens with zero attached hydrogens (tertiary/aromatic N) is 3. The third-order valence-electron chi connectivity index (χ3n) is 5.51. The van der Waals surface area contributed by atoms with Crippen LogP contribution in [0.2, 0.25) is 0 Å². The van der Waals surface area contributed by atoms with Crippen molar-refractivity contribution in [3.8, 4) is 0 Å². The second-order valence-corrected chi connectivity index (χ2v) is 9.94. The lowest BCUT2D eigenvalue weighted by Crippen LogP contribution is -2.60. The Morgan fingerprint density at radius 1 is 1.10 bits per heavy atom. The van der Waals surface area contributed by atoms with Gasteiger partial charge in [0.05, 0.1) is 18.3 Å². The zero-order valence-corrected chi connectivity index (χ0v) is 17.9. The standard InChI is InChI=1S/C20H30N4O4S/c1-16(2)19-20(26)21-8-9-23(19)14-18(25)22-10-12-24(13-11-22)29(27,28)15-17-6-4-3-5-7-17/h3-7,16,19H,8-15H2,1-2H3,(H,21,26). The van der Waals surface area contributed by atoms with Gasteiger partial charge in [-0.1, -0.05) is 44.2 Å². The molecule has 2 aliphatic heterocycles. The van der Waals surface area contributed by atoms with Crippen LogP contribution in [0.25, 0.3) is 0 Å². The zero-order valence-electron chi connectivity index (χ0n) is 17.1. The molecule has 2 saturated heterocycles. The number of rotatable bonds is 6. The smallest absolute Gasteiger partial charge is 0.237 e. The first-order chi connectivity index (χ1) is 13.8. The first kappa shape index (κ1) is 21.7. The lowest BCUT2D eigenvalue weighted by molar-refractivity contribution is -0.138. The van der Waals surface area contributed by atoms with Crippen LogP contribution >= 0.6 is 0 Å². The Balaban J connectivity index is 1.54. The Bertz CT molecular complexity index is 820. The van der Waals surface area contributed by atoms with Crippen molar-refractivity contribution in [2.75, 3.05) is 45.8 Å². The number of hydrogen-bond acceptors (Lipinski definition) is 5. The third-order valence-corrected chi connectivity index (χ3v) is 7.36. The van der Waals surface area contributed by atoms with Gasteiger partial charge in [-0.3, -0.25) is 14.5 Å². The van der Waals surface area contributed by atoms with Crippen molar-refractivity contribution in [3.63, 3.8) is 0 Å². The van der Waals surface area contributed by atoms with Crippen LogP contribution in [0.3, 0.4) is 0 Å². The molecule has 1 aromatic rings. The van der Waals surface area contributed by atoms with Crippen LogP contribution in [-0.4, -0.2) is 86.2 Å². The number of carbonyl (C=O) groups excluding carboxylic acids is 2. The minimum Gasteiger partial charge on any atom is -0.353 e. The van der Waals surface area contributed by atoms with Crippen molar-refractivity contribution >= 4 is 21.8 Å². The van der Waals surface area contributed by atoms with Crippen molar-refractivity contribution < 1.29 is 18.0 Å². The molecular weight excluding hydrogens is 392 g/mol. The molecule has 1 N–H and O–H groups in total. The van der Waals surface area contributed by atoms with E-state index in [0.29, 0.717) is 39.3 Å². The van der Waals surface area contributed by atoms with Crippen LogP contribution < -0.4 is 5.32 Å². The fourth-order valence-electron chi connectivity index (χ4n) is 4.00. The maximum absolute atomic E-state index is 12.8. The van der Waals surface area contributed by atoms with Gasteiger partial charge in [-0.2, -0.15) is 4.31 Å². The zero-order chi connectivity index (χ0) is 21.0. The Kier molecular flexibility index (Phi) is 6.92. The first-order valence-electron chi connectivity index (χ1n) is 10.1. The number of piperazine rings is 2. The Hall–Kier alpha value is -1.97. The van der Waals surface area contributed by atoms with E-state index in [0.717, 1.165) is 5.56 Å². The molecule has 29 heavy (non-hydrogen) atoms. The predicted molar refractivity (Wildman–Crippen MR) is 110 cm³/mol. The number of amides is 2. The largest absolute Gasteiger partial charge is 0.353 e. The minimum atomic E-state index is -3.41. The van der Waals surface area contributed by atoms with E-state index in [1.807, 2.05) is 36.9 Å². The summed E-state index contributed by atoms with van der Waals surface area (Å²) >= 11 is 0. The fourth-order valence-corrected chi connectivity index (χ4v) is 5.52. The molecule has 0 aromatic heterocycles. The summed E-state index contributed by atoms with van der Waals surface area (Å²) in [5.74, 6) is 0.00482. The Morgan fingerprint density at radius 2 is 1.76 bits per heavy atom. The summed E-state index contributed by atoms with van der Waals surface area (Å²) in [5.41, 5.74) is 0.758. The maximum Gasteiger partial charge on any atom is 0.237 e. The van der Waals surface area contributed by atoms with Gasteiger partial charge in [0.15, 0.2) is 0 Å². The van der Waals surface area contributed by atoms with Crippen LogP contribution in [0.5, 0.6) is 0 Å². The third kappa shape index (κ3) is 5.34. The van der Waals surface area contributed by atoms with Crippen molar-refractivity contribution in [2.45, 2.75) is 25.6 Å². The number of sulfonamides is 1. The lowest BCUT2D eigenvalue weighted by atomic mass is 9.99. The number of benzene rings is 1. The Morgan fingerprint density at radius 3 is 2.38 bits per heavy atom. The summed E-state index contributed by atoms with van der Waals surface area (Å²) in [6, 6.07) is 8.81. The molecule has 2 heterocycles. The molecule has 2 amide bonds. The molecule has 2 fully saturated rings. The molecular formula is C20H30N4O4S. The van der Waals surface area contributed by atoms with Crippen molar-refractivity contribution in [1.29, 1.82) is 0 Å². The van der Waals surface area contributed by atoms with E-state index >= 15 is 0 Å². The molecule has 3 rings (SSSR count). The van der Waals surface area contributed by atoms with Crippen molar-refractivity contribution in [2.24, 2.45) is 5.92 Å². The summed E-state index contributed by atoms with van der Waals surface area (Å²) in [6.45, 7) is 6.68. The summed E-state index contributed by atoms with van der Waals surface area (Å²) in [5, 5.41) is 2.86. The van der Waals surface area contributed by atoms with Gasteiger partial charge in [-0.25, -0.2) is 8.42 Å². The SMILES string of the molecule is CC(C)C1C(=O)NCCN1CC(=O)N1CCN(S(=O)(=O)Cc2ccccc2)CC1. The van der Waals surface area contributed by atoms with Gasteiger partial charge in [0.2, 0.25) is 21.8 Å². The van der Waals surface area contributed by atoms with Gasteiger partial charge >= 0.3 is 0 Å². The molecule has 160 valence electrons. The van der Waals surface area contributed by atoms with Gasteiger partial charge in [0, 0.05) is 39.3 Å². The average molecular weight is 423 g/mol. The predicted octanol–water partition coefficient (Wildman–Crippen LogP) is 0.117. The van der Waals surface area contributed by atoms with Crippen LogP contribution in [0.1, 0.15) is 19.4 Å². The second kappa shape index (κ2) is 9.23. The summed E-state index contributed by atoms with van der Waals surface area (Å²) in [7, 11) is -3.41. The molecule has 0 radical (unpaired) electrons. The van der Waals surface area contributed by atoms with E-state index in [4.69, 9.17) is 0 Å². The maximum atomic E-state index is 12.8. The van der Waals surface area contributed by atoms with E-state index in [1.165, 1.54) is 4.31 Å². The molecule has 9 heteroatoms. The molecule has 8 nitrogen and oxygen atoms in total. The normalized spacial score (nSPS) is 22.0.